The molecule has 11 heteroatoms. The van der Waals surface area contributed by atoms with Crippen LogP contribution in [-0.2, 0) is 12.6 Å². The van der Waals surface area contributed by atoms with Crippen LogP contribution in [0.1, 0.15) is 17.0 Å². The second-order valence-electron chi connectivity index (χ2n) is 7.42. The van der Waals surface area contributed by atoms with E-state index in [1.54, 1.807) is 30.5 Å². The van der Waals surface area contributed by atoms with E-state index in [1.807, 2.05) is 18.3 Å². The Hall–Kier alpha value is -4.05. The summed E-state index contributed by atoms with van der Waals surface area (Å²) in [6, 6.07) is 13.1. The molecule has 0 fully saturated rings. The van der Waals surface area contributed by atoms with Gasteiger partial charge in [0.15, 0.2) is 0 Å². The van der Waals surface area contributed by atoms with Crippen LogP contribution in [0, 0.1) is 0 Å². The number of hydrogen-bond acceptors (Lipinski definition) is 4. The molecule has 4 aromatic rings. The SMILES string of the molecule is COc1cc(Cc2nccc(-c3ccc[nH]3)n2)ccc1NC(=O)Nc1ccc(Cl)c(C(F)(F)F)c1. The van der Waals surface area contributed by atoms with Crippen LogP contribution in [0.2, 0.25) is 5.02 Å². The summed E-state index contributed by atoms with van der Waals surface area (Å²) in [5.74, 6) is 0.964. The van der Waals surface area contributed by atoms with Crippen molar-refractivity contribution < 1.29 is 22.7 Å². The molecule has 0 aliphatic heterocycles. The number of methoxy groups -OCH3 is 1. The summed E-state index contributed by atoms with van der Waals surface area (Å²) in [4.78, 5) is 24.4. The van der Waals surface area contributed by atoms with Gasteiger partial charge in [0.05, 0.1) is 34.8 Å². The number of aromatic nitrogens is 3. The average Bonchev–Trinajstić information content (AvgIpc) is 3.36. The van der Waals surface area contributed by atoms with Gasteiger partial charge in [-0.2, -0.15) is 13.2 Å². The minimum Gasteiger partial charge on any atom is -0.495 e. The van der Waals surface area contributed by atoms with Crippen molar-refractivity contribution in [2.24, 2.45) is 0 Å². The number of hydrogen-bond donors (Lipinski definition) is 3. The van der Waals surface area contributed by atoms with Crippen LogP contribution < -0.4 is 15.4 Å². The van der Waals surface area contributed by atoms with E-state index in [0.29, 0.717) is 23.7 Å². The van der Waals surface area contributed by atoms with Gasteiger partial charge in [0.1, 0.15) is 11.6 Å². The maximum absolute atomic E-state index is 13.1. The second-order valence-corrected chi connectivity index (χ2v) is 7.83. The standard InChI is InChI=1S/C24H19ClF3N5O2/c1-35-21-11-14(12-22-30-10-8-19(32-22)18-3-2-9-29-18)4-7-20(21)33-23(34)31-15-5-6-17(25)16(13-15)24(26,27)28/h2-11,13,29H,12H2,1H3,(H2,31,33,34). The number of halogens is 4. The predicted molar refractivity (Wildman–Crippen MR) is 127 cm³/mol. The Morgan fingerprint density at radius 1 is 1.11 bits per heavy atom. The first-order valence-electron chi connectivity index (χ1n) is 10.3. The Morgan fingerprint density at radius 2 is 1.94 bits per heavy atom. The molecule has 0 aliphatic rings. The van der Waals surface area contributed by atoms with Gasteiger partial charge in [-0.3, -0.25) is 0 Å². The third-order valence-electron chi connectivity index (χ3n) is 4.99. The first-order chi connectivity index (χ1) is 16.7. The molecule has 0 radical (unpaired) electrons. The number of carbonyl (C=O) groups excluding carboxylic acids is 1. The molecule has 35 heavy (non-hydrogen) atoms. The van der Waals surface area contributed by atoms with E-state index in [0.717, 1.165) is 29.1 Å². The Bertz CT molecular complexity index is 1340. The monoisotopic (exact) mass is 501 g/mol. The molecule has 3 N–H and O–H groups in total. The number of nitrogens with zero attached hydrogens (tertiary/aromatic N) is 2. The molecule has 180 valence electrons. The van der Waals surface area contributed by atoms with Crippen LogP contribution in [-0.4, -0.2) is 28.1 Å². The first kappa shape index (κ1) is 24.1. The molecule has 0 saturated heterocycles. The summed E-state index contributed by atoms with van der Waals surface area (Å²) in [5, 5.41) is 4.49. The van der Waals surface area contributed by atoms with Crippen LogP contribution in [0.3, 0.4) is 0 Å². The minimum absolute atomic E-state index is 0.0612. The van der Waals surface area contributed by atoms with E-state index in [9.17, 15) is 18.0 Å². The van der Waals surface area contributed by atoms with Gasteiger partial charge >= 0.3 is 12.2 Å². The lowest BCUT2D eigenvalue weighted by Gasteiger charge is -2.14. The second kappa shape index (κ2) is 10.1. The molecule has 0 atom stereocenters. The fraction of sp³-hybridized carbons (Fsp3) is 0.125. The lowest BCUT2D eigenvalue weighted by molar-refractivity contribution is -0.137. The number of H-pyrrole nitrogens is 1. The van der Waals surface area contributed by atoms with Crippen molar-refractivity contribution in [1.82, 2.24) is 15.0 Å². The van der Waals surface area contributed by atoms with Crippen LogP contribution in [0.4, 0.5) is 29.3 Å². The van der Waals surface area contributed by atoms with Gasteiger partial charge in [-0.25, -0.2) is 14.8 Å². The van der Waals surface area contributed by atoms with Crippen molar-refractivity contribution >= 4 is 29.0 Å². The van der Waals surface area contributed by atoms with E-state index >= 15 is 0 Å². The average molecular weight is 502 g/mol. The molecule has 7 nitrogen and oxygen atoms in total. The van der Waals surface area contributed by atoms with Gasteiger partial charge in [0.25, 0.3) is 0 Å². The zero-order valence-electron chi connectivity index (χ0n) is 18.3. The Balaban J connectivity index is 1.46. The topological polar surface area (TPSA) is 91.9 Å². The van der Waals surface area contributed by atoms with E-state index in [4.69, 9.17) is 16.3 Å². The molecule has 0 unspecified atom stereocenters. The van der Waals surface area contributed by atoms with Crippen molar-refractivity contribution in [2.45, 2.75) is 12.6 Å². The predicted octanol–water partition coefficient (Wildman–Crippen LogP) is 6.39. The molecule has 4 rings (SSSR count). The molecule has 2 aromatic carbocycles. The smallest absolute Gasteiger partial charge is 0.417 e. The molecule has 0 bridgehead atoms. The van der Waals surface area contributed by atoms with Gasteiger partial charge in [-0.1, -0.05) is 17.7 Å². The summed E-state index contributed by atoms with van der Waals surface area (Å²) in [5.41, 5.74) is 1.71. The summed E-state index contributed by atoms with van der Waals surface area (Å²) >= 11 is 5.62. The van der Waals surface area contributed by atoms with Crippen molar-refractivity contribution in [1.29, 1.82) is 0 Å². The lowest BCUT2D eigenvalue weighted by atomic mass is 10.1. The number of nitrogens with one attached hydrogen (secondary N) is 3. The number of alkyl halides is 3. The zero-order chi connectivity index (χ0) is 25.0. The van der Waals surface area contributed by atoms with Crippen LogP contribution in [0.25, 0.3) is 11.4 Å². The number of aromatic amines is 1. The fourth-order valence-corrected chi connectivity index (χ4v) is 3.58. The van der Waals surface area contributed by atoms with Gasteiger partial charge in [0, 0.05) is 24.5 Å². The first-order valence-corrected chi connectivity index (χ1v) is 10.7. The van der Waals surface area contributed by atoms with Crippen LogP contribution in [0.15, 0.2) is 67.0 Å². The maximum Gasteiger partial charge on any atom is 0.417 e. The largest absolute Gasteiger partial charge is 0.495 e. The molecular formula is C24H19ClF3N5O2. The third-order valence-corrected chi connectivity index (χ3v) is 5.31. The Kier molecular flexibility index (Phi) is 6.92. The highest BCUT2D eigenvalue weighted by molar-refractivity contribution is 6.31. The fourth-order valence-electron chi connectivity index (χ4n) is 3.36. The highest BCUT2D eigenvalue weighted by Crippen LogP contribution is 2.36. The molecule has 0 saturated carbocycles. The third kappa shape index (κ3) is 5.90. The zero-order valence-corrected chi connectivity index (χ0v) is 19.0. The van der Waals surface area contributed by atoms with Crippen molar-refractivity contribution in [3.63, 3.8) is 0 Å². The van der Waals surface area contributed by atoms with Gasteiger partial charge < -0.3 is 20.4 Å². The summed E-state index contributed by atoms with van der Waals surface area (Å²) in [6.07, 6.45) is -0.736. The van der Waals surface area contributed by atoms with Crippen molar-refractivity contribution in [2.75, 3.05) is 17.7 Å². The van der Waals surface area contributed by atoms with E-state index < -0.39 is 22.8 Å². The number of rotatable bonds is 6. The number of amides is 2. The number of ether oxygens (including phenoxy) is 1. The number of urea groups is 1. The Morgan fingerprint density at radius 3 is 2.66 bits per heavy atom. The molecule has 2 amide bonds. The number of carbonyl (C=O) groups is 1. The molecule has 0 spiro atoms. The van der Waals surface area contributed by atoms with Gasteiger partial charge in [-0.15, -0.1) is 0 Å². The number of anilines is 2. The molecule has 0 aliphatic carbocycles. The van der Waals surface area contributed by atoms with Crippen molar-refractivity contribution in [3.8, 4) is 17.1 Å². The molecular weight excluding hydrogens is 483 g/mol. The van der Waals surface area contributed by atoms with Gasteiger partial charge in [0.2, 0.25) is 0 Å². The molecule has 2 aromatic heterocycles. The normalized spacial score (nSPS) is 11.2. The van der Waals surface area contributed by atoms with Gasteiger partial charge in [-0.05, 0) is 54.1 Å². The molecule has 2 heterocycles. The minimum atomic E-state index is -4.64. The highest BCUT2D eigenvalue weighted by Gasteiger charge is 2.33. The quantitative estimate of drug-likeness (QED) is 0.285. The summed E-state index contributed by atoms with van der Waals surface area (Å²) in [7, 11) is 1.44. The maximum atomic E-state index is 13.1. The van der Waals surface area contributed by atoms with E-state index in [-0.39, 0.29) is 5.69 Å². The highest BCUT2D eigenvalue weighted by atomic mass is 35.5. The van der Waals surface area contributed by atoms with Crippen LogP contribution in [0.5, 0.6) is 5.75 Å². The Labute approximate surface area is 203 Å². The number of benzene rings is 2. The van der Waals surface area contributed by atoms with Crippen molar-refractivity contribution in [3.05, 3.63) is 89.0 Å². The van der Waals surface area contributed by atoms with Crippen LogP contribution >= 0.6 is 11.6 Å². The van der Waals surface area contributed by atoms with E-state index in [1.165, 1.54) is 13.2 Å². The summed E-state index contributed by atoms with van der Waals surface area (Å²) < 4.78 is 44.6. The lowest BCUT2D eigenvalue weighted by Crippen LogP contribution is -2.20. The summed E-state index contributed by atoms with van der Waals surface area (Å²) in [6.45, 7) is 0. The van der Waals surface area contributed by atoms with E-state index in [2.05, 4.69) is 25.6 Å².